The number of rotatable bonds is 5. The number of fused-ring (bicyclic) bond motifs is 5. The van der Waals surface area contributed by atoms with Crippen molar-refractivity contribution >= 4 is 5.97 Å². The summed E-state index contributed by atoms with van der Waals surface area (Å²) in [6, 6.07) is 0. The molecule has 4 rings (SSSR count). The van der Waals surface area contributed by atoms with Crippen LogP contribution in [-0.2, 0) is 9.53 Å². The molecular formula is C27H46O2. The molecular weight excluding hydrogens is 356 g/mol. The molecule has 0 aromatic carbocycles. The molecule has 0 N–H and O–H groups in total. The number of carbonyl (C=O) groups excluding carboxylic acids is 1. The lowest BCUT2D eigenvalue weighted by Gasteiger charge is -2.61. The number of ether oxygens (including phenoxy) is 1. The highest BCUT2D eigenvalue weighted by molar-refractivity contribution is 5.69. The summed E-state index contributed by atoms with van der Waals surface area (Å²) in [5.74, 6) is 6.31. The smallest absolute Gasteiger partial charge is 0.305 e. The second kappa shape index (κ2) is 8.19. The minimum Gasteiger partial charge on any atom is -0.466 e. The molecule has 0 spiro atoms. The zero-order valence-corrected chi connectivity index (χ0v) is 19.8. The van der Waals surface area contributed by atoms with Gasteiger partial charge in [0.15, 0.2) is 0 Å². The molecule has 4 aliphatic carbocycles. The van der Waals surface area contributed by atoms with E-state index in [-0.39, 0.29) is 5.97 Å². The summed E-state index contributed by atoms with van der Waals surface area (Å²) < 4.78 is 5.19. The van der Waals surface area contributed by atoms with Gasteiger partial charge in [0.05, 0.1) is 6.61 Å². The van der Waals surface area contributed by atoms with Gasteiger partial charge in [0.2, 0.25) is 0 Å². The SMILES string of the molecule is CCOC(=O)CC[C@@H](C)[C@H]1CC[C@H]2[C@@H]3CCC4CC(C)CC[C@]4(C)[C@H]3CC[C@]12C. The van der Waals surface area contributed by atoms with Gasteiger partial charge in [-0.15, -0.1) is 0 Å². The van der Waals surface area contributed by atoms with Crippen LogP contribution in [-0.4, -0.2) is 12.6 Å². The van der Waals surface area contributed by atoms with Crippen molar-refractivity contribution in [2.24, 2.45) is 52.3 Å². The van der Waals surface area contributed by atoms with Gasteiger partial charge in [0, 0.05) is 6.42 Å². The Kier molecular flexibility index (Phi) is 6.13. The summed E-state index contributed by atoms with van der Waals surface area (Å²) in [5, 5.41) is 0. The van der Waals surface area contributed by atoms with Crippen LogP contribution in [0, 0.1) is 52.3 Å². The first kappa shape index (κ1) is 21.7. The molecule has 0 aromatic rings. The molecule has 2 unspecified atom stereocenters. The maximum Gasteiger partial charge on any atom is 0.305 e. The molecule has 0 aliphatic heterocycles. The summed E-state index contributed by atoms with van der Waals surface area (Å²) >= 11 is 0. The van der Waals surface area contributed by atoms with Crippen LogP contribution in [0.5, 0.6) is 0 Å². The second-order valence-electron chi connectivity index (χ2n) is 12.1. The summed E-state index contributed by atoms with van der Waals surface area (Å²) in [6.07, 6.45) is 14.8. The average molecular weight is 403 g/mol. The van der Waals surface area contributed by atoms with Gasteiger partial charge in [-0.3, -0.25) is 4.79 Å². The Morgan fingerprint density at radius 2 is 1.72 bits per heavy atom. The number of hydrogen-bond acceptors (Lipinski definition) is 2. The third-order valence-corrected chi connectivity index (χ3v) is 10.8. The van der Waals surface area contributed by atoms with Crippen LogP contribution >= 0.6 is 0 Å². The number of carbonyl (C=O) groups is 1. The van der Waals surface area contributed by atoms with Crippen LogP contribution in [0.15, 0.2) is 0 Å². The molecule has 9 atom stereocenters. The molecule has 0 aromatic heterocycles. The van der Waals surface area contributed by atoms with Crippen molar-refractivity contribution < 1.29 is 9.53 Å². The first-order valence-electron chi connectivity index (χ1n) is 12.9. The number of esters is 1. The zero-order valence-electron chi connectivity index (χ0n) is 19.8. The molecule has 0 saturated heterocycles. The topological polar surface area (TPSA) is 26.3 Å². The Morgan fingerprint density at radius 3 is 2.48 bits per heavy atom. The van der Waals surface area contributed by atoms with E-state index in [1.54, 1.807) is 0 Å². The minimum atomic E-state index is 0.000493. The molecule has 2 heteroatoms. The van der Waals surface area contributed by atoms with Crippen molar-refractivity contribution in [1.29, 1.82) is 0 Å². The molecule has 4 saturated carbocycles. The Hall–Kier alpha value is -0.530. The lowest BCUT2D eigenvalue weighted by molar-refractivity contribution is -0.143. The van der Waals surface area contributed by atoms with E-state index in [9.17, 15) is 4.79 Å². The van der Waals surface area contributed by atoms with Crippen molar-refractivity contribution in [2.75, 3.05) is 6.61 Å². The highest BCUT2D eigenvalue weighted by Gasteiger charge is 2.60. The van der Waals surface area contributed by atoms with Crippen LogP contribution in [0.2, 0.25) is 0 Å². The lowest BCUT2D eigenvalue weighted by atomic mass is 9.44. The fourth-order valence-corrected chi connectivity index (χ4v) is 9.23. The molecule has 0 bridgehead atoms. The van der Waals surface area contributed by atoms with Gasteiger partial charge in [0.25, 0.3) is 0 Å². The van der Waals surface area contributed by atoms with E-state index >= 15 is 0 Å². The first-order chi connectivity index (χ1) is 13.8. The minimum absolute atomic E-state index is 0.000493. The van der Waals surface area contributed by atoms with E-state index < -0.39 is 0 Å². The van der Waals surface area contributed by atoms with Gasteiger partial charge < -0.3 is 4.74 Å². The van der Waals surface area contributed by atoms with Gasteiger partial charge in [0.1, 0.15) is 0 Å². The van der Waals surface area contributed by atoms with Crippen molar-refractivity contribution in [3.63, 3.8) is 0 Å². The van der Waals surface area contributed by atoms with Crippen LogP contribution in [0.25, 0.3) is 0 Å². The van der Waals surface area contributed by atoms with Crippen molar-refractivity contribution in [1.82, 2.24) is 0 Å². The molecule has 4 fully saturated rings. The van der Waals surface area contributed by atoms with Gasteiger partial charge in [-0.05, 0) is 117 Å². The first-order valence-corrected chi connectivity index (χ1v) is 12.9. The van der Waals surface area contributed by atoms with Crippen molar-refractivity contribution in [3.05, 3.63) is 0 Å². The molecule has 0 heterocycles. The highest BCUT2D eigenvalue weighted by Crippen LogP contribution is 2.68. The van der Waals surface area contributed by atoms with E-state index in [2.05, 4.69) is 27.7 Å². The van der Waals surface area contributed by atoms with E-state index in [1.165, 1.54) is 57.8 Å². The Bertz CT molecular complexity index is 599. The molecule has 0 amide bonds. The van der Waals surface area contributed by atoms with Crippen molar-refractivity contribution in [2.45, 2.75) is 105 Å². The molecule has 0 radical (unpaired) electrons. The van der Waals surface area contributed by atoms with Gasteiger partial charge >= 0.3 is 5.97 Å². The lowest BCUT2D eigenvalue weighted by Crippen LogP contribution is -2.53. The number of hydrogen-bond donors (Lipinski definition) is 0. The molecule has 2 nitrogen and oxygen atoms in total. The summed E-state index contributed by atoms with van der Waals surface area (Å²) in [7, 11) is 0. The maximum absolute atomic E-state index is 11.9. The van der Waals surface area contributed by atoms with E-state index in [1.807, 2.05) is 6.92 Å². The normalized spacial score (nSPS) is 47.6. The largest absolute Gasteiger partial charge is 0.466 e. The van der Waals surface area contributed by atoms with Crippen LogP contribution in [0.4, 0.5) is 0 Å². The van der Waals surface area contributed by atoms with Crippen LogP contribution < -0.4 is 0 Å². The van der Waals surface area contributed by atoms with Gasteiger partial charge in [-0.25, -0.2) is 0 Å². The predicted octanol–water partition coefficient (Wildman–Crippen LogP) is 7.26. The van der Waals surface area contributed by atoms with Crippen molar-refractivity contribution in [3.8, 4) is 0 Å². The highest BCUT2D eigenvalue weighted by atomic mass is 16.5. The van der Waals surface area contributed by atoms with Gasteiger partial charge in [-0.2, -0.15) is 0 Å². The predicted molar refractivity (Wildman–Crippen MR) is 119 cm³/mol. The fraction of sp³-hybridized carbons (Fsp3) is 0.963. The van der Waals surface area contributed by atoms with E-state index in [4.69, 9.17) is 4.74 Å². The monoisotopic (exact) mass is 402 g/mol. The fourth-order valence-electron chi connectivity index (χ4n) is 9.23. The van der Waals surface area contributed by atoms with E-state index in [0.29, 0.717) is 29.8 Å². The Labute approximate surface area is 179 Å². The quantitative estimate of drug-likeness (QED) is 0.452. The molecule has 4 aliphatic rings. The third-order valence-electron chi connectivity index (χ3n) is 10.8. The summed E-state index contributed by atoms with van der Waals surface area (Å²) in [4.78, 5) is 11.9. The second-order valence-corrected chi connectivity index (χ2v) is 12.1. The summed E-state index contributed by atoms with van der Waals surface area (Å²) in [5.41, 5.74) is 1.14. The van der Waals surface area contributed by atoms with Crippen LogP contribution in [0.1, 0.15) is 105 Å². The van der Waals surface area contributed by atoms with E-state index in [0.717, 1.165) is 41.9 Å². The molecule has 29 heavy (non-hydrogen) atoms. The Balaban J connectivity index is 1.45. The average Bonchev–Trinajstić information content (AvgIpc) is 3.04. The third kappa shape index (κ3) is 3.69. The Morgan fingerprint density at radius 1 is 1.00 bits per heavy atom. The summed E-state index contributed by atoms with van der Waals surface area (Å²) in [6.45, 7) is 12.7. The standard InChI is InChI=1S/C27H46O2/c1-6-29-25(28)12-7-19(3)22-10-11-23-21-9-8-20-17-18(2)13-15-26(20,4)24(21)14-16-27(22,23)5/h18-24H,6-17H2,1-5H3/t18?,19-,20?,21+,22-,23+,24+,26+,27-/m1/s1. The van der Waals surface area contributed by atoms with Crippen LogP contribution in [0.3, 0.4) is 0 Å². The molecule has 166 valence electrons. The maximum atomic E-state index is 11.9. The van der Waals surface area contributed by atoms with Gasteiger partial charge in [-0.1, -0.05) is 34.1 Å². The zero-order chi connectivity index (χ0) is 20.8.